The molecule has 2 aromatic rings. The van der Waals surface area contributed by atoms with E-state index >= 15 is 0 Å². The van der Waals surface area contributed by atoms with Gasteiger partial charge in [0.1, 0.15) is 5.82 Å². The van der Waals surface area contributed by atoms with Gasteiger partial charge in [-0.1, -0.05) is 34.5 Å². The summed E-state index contributed by atoms with van der Waals surface area (Å²) in [5, 5.41) is 0. The van der Waals surface area contributed by atoms with Crippen molar-refractivity contribution in [3.8, 4) is 11.3 Å². The summed E-state index contributed by atoms with van der Waals surface area (Å²) in [4.78, 5) is 7.94. The second-order valence-electron chi connectivity index (χ2n) is 4.77. The van der Waals surface area contributed by atoms with Crippen molar-refractivity contribution in [2.45, 2.75) is 32.1 Å². The van der Waals surface area contributed by atoms with E-state index < -0.39 is 0 Å². The molecule has 17 heavy (non-hydrogen) atoms. The summed E-state index contributed by atoms with van der Waals surface area (Å²) in [6.07, 6.45) is 5.86. The number of imidazole rings is 1. The number of nitrogens with one attached hydrogen (secondary N) is 1. The number of aromatic nitrogens is 2. The van der Waals surface area contributed by atoms with Gasteiger partial charge < -0.3 is 4.98 Å². The summed E-state index contributed by atoms with van der Waals surface area (Å²) in [7, 11) is 0. The van der Waals surface area contributed by atoms with Crippen LogP contribution in [0.2, 0.25) is 0 Å². The fraction of sp³-hybridized carbons (Fsp3) is 0.357. The highest BCUT2D eigenvalue weighted by Crippen LogP contribution is 2.35. The molecule has 1 saturated carbocycles. The first-order chi connectivity index (χ1) is 8.24. The maximum absolute atomic E-state index is 4.50. The molecule has 1 aliphatic carbocycles. The molecular formula is C14H15BrN2. The molecule has 1 aliphatic rings. The molecule has 2 nitrogen and oxygen atoms in total. The fourth-order valence-electron chi connectivity index (χ4n) is 2.13. The van der Waals surface area contributed by atoms with Crippen LogP contribution in [0.5, 0.6) is 0 Å². The molecule has 0 aliphatic heterocycles. The summed E-state index contributed by atoms with van der Waals surface area (Å²) in [6.45, 7) is 2.10. The molecular weight excluding hydrogens is 276 g/mol. The van der Waals surface area contributed by atoms with E-state index in [1.807, 2.05) is 6.20 Å². The van der Waals surface area contributed by atoms with E-state index in [2.05, 4.69) is 51.0 Å². The minimum Gasteiger partial charge on any atom is -0.342 e. The van der Waals surface area contributed by atoms with E-state index in [4.69, 9.17) is 0 Å². The Morgan fingerprint density at radius 1 is 1.35 bits per heavy atom. The zero-order valence-electron chi connectivity index (χ0n) is 9.83. The monoisotopic (exact) mass is 290 g/mol. The average molecular weight is 291 g/mol. The lowest BCUT2D eigenvalue weighted by atomic mass is 9.85. The van der Waals surface area contributed by atoms with E-state index in [1.54, 1.807) is 0 Å². The van der Waals surface area contributed by atoms with Crippen LogP contribution in [0.15, 0.2) is 28.9 Å². The van der Waals surface area contributed by atoms with Crippen molar-refractivity contribution in [2.75, 3.05) is 0 Å². The Morgan fingerprint density at radius 2 is 2.18 bits per heavy atom. The second-order valence-corrected chi connectivity index (χ2v) is 5.63. The van der Waals surface area contributed by atoms with Crippen molar-refractivity contribution < 1.29 is 0 Å². The molecule has 1 fully saturated rings. The second kappa shape index (κ2) is 4.30. The number of hydrogen-bond acceptors (Lipinski definition) is 1. The topological polar surface area (TPSA) is 28.7 Å². The third kappa shape index (κ3) is 2.04. The number of nitrogens with zero attached hydrogens (tertiary/aromatic N) is 1. The Morgan fingerprint density at radius 3 is 2.82 bits per heavy atom. The smallest absolute Gasteiger partial charge is 0.109 e. The molecule has 3 rings (SSSR count). The van der Waals surface area contributed by atoms with E-state index in [0.29, 0.717) is 5.92 Å². The van der Waals surface area contributed by atoms with Crippen molar-refractivity contribution in [1.82, 2.24) is 9.97 Å². The SMILES string of the molecule is Cc1ccc(-c2cnc(C3CCC3)[nH]2)cc1Br. The predicted octanol–water partition coefficient (Wildman–Crippen LogP) is 4.42. The van der Waals surface area contributed by atoms with Crippen molar-refractivity contribution >= 4 is 15.9 Å². The van der Waals surface area contributed by atoms with Gasteiger partial charge in [0.15, 0.2) is 0 Å². The Kier molecular flexibility index (Phi) is 2.79. The number of halogens is 1. The predicted molar refractivity (Wildman–Crippen MR) is 73.1 cm³/mol. The van der Waals surface area contributed by atoms with Crippen LogP contribution >= 0.6 is 15.9 Å². The van der Waals surface area contributed by atoms with Crippen LogP contribution in [-0.4, -0.2) is 9.97 Å². The van der Waals surface area contributed by atoms with Gasteiger partial charge in [-0.2, -0.15) is 0 Å². The number of aryl methyl sites for hydroxylation is 1. The molecule has 0 unspecified atom stereocenters. The highest BCUT2D eigenvalue weighted by atomic mass is 79.9. The molecule has 0 amide bonds. The Labute approximate surface area is 110 Å². The van der Waals surface area contributed by atoms with Gasteiger partial charge in [0.05, 0.1) is 11.9 Å². The maximum atomic E-state index is 4.50. The molecule has 88 valence electrons. The van der Waals surface area contributed by atoms with Crippen molar-refractivity contribution in [3.63, 3.8) is 0 Å². The van der Waals surface area contributed by atoms with E-state index in [0.717, 1.165) is 16.0 Å². The highest BCUT2D eigenvalue weighted by Gasteiger charge is 2.22. The van der Waals surface area contributed by atoms with Crippen LogP contribution in [0.25, 0.3) is 11.3 Å². The van der Waals surface area contributed by atoms with Gasteiger partial charge in [0.25, 0.3) is 0 Å². The Balaban J connectivity index is 1.92. The summed E-state index contributed by atoms with van der Waals surface area (Å²) in [6, 6.07) is 6.41. The molecule has 0 atom stereocenters. The zero-order valence-corrected chi connectivity index (χ0v) is 11.4. The van der Waals surface area contributed by atoms with E-state index in [9.17, 15) is 0 Å². The van der Waals surface area contributed by atoms with Crippen LogP contribution in [0, 0.1) is 6.92 Å². The molecule has 0 spiro atoms. The maximum Gasteiger partial charge on any atom is 0.109 e. The molecule has 0 bridgehead atoms. The van der Waals surface area contributed by atoms with Crippen molar-refractivity contribution in [3.05, 3.63) is 40.3 Å². The van der Waals surface area contributed by atoms with Gasteiger partial charge >= 0.3 is 0 Å². The zero-order chi connectivity index (χ0) is 11.8. The molecule has 3 heteroatoms. The molecule has 0 saturated heterocycles. The number of hydrogen-bond donors (Lipinski definition) is 1. The molecule has 1 heterocycles. The number of aromatic amines is 1. The minimum absolute atomic E-state index is 0.664. The summed E-state index contributed by atoms with van der Waals surface area (Å²) in [5.41, 5.74) is 3.57. The van der Waals surface area contributed by atoms with Crippen molar-refractivity contribution in [1.29, 1.82) is 0 Å². The third-order valence-electron chi connectivity index (χ3n) is 3.57. The van der Waals surface area contributed by atoms with E-state index in [1.165, 1.54) is 30.4 Å². The van der Waals surface area contributed by atoms with Gasteiger partial charge in [-0.3, -0.25) is 0 Å². The lowest BCUT2D eigenvalue weighted by Crippen LogP contribution is -2.10. The normalized spacial score (nSPS) is 15.9. The van der Waals surface area contributed by atoms with Crippen LogP contribution in [0.4, 0.5) is 0 Å². The summed E-state index contributed by atoms with van der Waals surface area (Å²) < 4.78 is 1.15. The van der Waals surface area contributed by atoms with Crippen LogP contribution < -0.4 is 0 Å². The van der Waals surface area contributed by atoms with E-state index in [-0.39, 0.29) is 0 Å². The number of benzene rings is 1. The minimum atomic E-state index is 0.664. The highest BCUT2D eigenvalue weighted by molar-refractivity contribution is 9.10. The third-order valence-corrected chi connectivity index (χ3v) is 4.42. The quantitative estimate of drug-likeness (QED) is 0.872. The Hall–Kier alpha value is -1.09. The average Bonchev–Trinajstić information content (AvgIpc) is 2.69. The Bertz CT molecular complexity index is 541. The van der Waals surface area contributed by atoms with Gasteiger partial charge in [0.2, 0.25) is 0 Å². The van der Waals surface area contributed by atoms with Crippen molar-refractivity contribution in [2.24, 2.45) is 0 Å². The molecule has 1 N–H and O–H groups in total. The molecule has 1 aromatic carbocycles. The number of H-pyrrole nitrogens is 1. The standard InChI is InChI=1S/C14H15BrN2/c1-9-5-6-11(7-12(9)15)13-8-16-14(17-13)10-3-2-4-10/h5-8,10H,2-4H2,1H3,(H,16,17). The summed E-state index contributed by atoms with van der Waals surface area (Å²) >= 11 is 3.57. The number of rotatable bonds is 2. The van der Waals surface area contributed by atoms with Gasteiger partial charge in [-0.15, -0.1) is 0 Å². The first-order valence-corrected chi connectivity index (χ1v) is 6.85. The van der Waals surface area contributed by atoms with Crippen LogP contribution in [-0.2, 0) is 0 Å². The first-order valence-electron chi connectivity index (χ1n) is 6.05. The molecule has 0 radical (unpaired) electrons. The van der Waals surface area contributed by atoms with Crippen LogP contribution in [0.1, 0.15) is 36.6 Å². The van der Waals surface area contributed by atoms with Gasteiger partial charge in [-0.25, -0.2) is 4.98 Å². The first kappa shape index (κ1) is 11.0. The lowest BCUT2D eigenvalue weighted by Gasteiger charge is -2.22. The molecule has 1 aromatic heterocycles. The van der Waals surface area contributed by atoms with Crippen LogP contribution in [0.3, 0.4) is 0 Å². The fourth-order valence-corrected chi connectivity index (χ4v) is 2.51. The lowest BCUT2D eigenvalue weighted by molar-refractivity contribution is 0.404. The summed E-state index contributed by atoms with van der Waals surface area (Å²) in [5.74, 6) is 1.82. The van der Waals surface area contributed by atoms with Gasteiger partial charge in [0, 0.05) is 16.0 Å². The van der Waals surface area contributed by atoms with Gasteiger partial charge in [-0.05, 0) is 31.4 Å². The largest absolute Gasteiger partial charge is 0.342 e.